The highest BCUT2D eigenvalue weighted by atomic mass is 14.6. The van der Waals surface area contributed by atoms with Crippen LogP contribution < -0.4 is 0 Å². The minimum absolute atomic E-state index is 1.15. The van der Waals surface area contributed by atoms with E-state index in [1.807, 2.05) is 25.3 Å². The molecule has 0 saturated carbocycles. The van der Waals surface area contributed by atoms with Crippen molar-refractivity contribution in [2.75, 3.05) is 0 Å². The Balaban J connectivity index is 2.37. The van der Waals surface area contributed by atoms with Gasteiger partial charge in [-0.3, -0.25) is 4.98 Å². The molecule has 1 aromatic carbocycles. The predicted molar refractivity (Wildman–Crippen MR) is 78.1 cm³/mol. The predicted octanol–water partition coefficient (Wildman–Crippen LogP) is 4.73. The Morgan fingerprint density at radius 1 is 1.11 bits per heavy atom. The first-order valence-electron chi connectivity index (χ1n) is 6.11. The standard InChI is InChI=1S/C17H17N/c1-3-4-7-14(2)15-8-5-9-16(12-15)17-10-6-11-18-13-17/h3-13H,1-2H3/b4-3-,14-7+. The topological polar surface area (TPSA) is 12.9 Å². The van der Waals surface area contributed by atoms with E-state index in [0.29, 0.717) is 0 Å². The molecule has 1 nitrogen and oxygen atoms in total. The summed E-state index contributed by atoms with van der Waals surface area (Å²) in [6, 6.07) is 12.6. The van der Waals surface area contributed by atoms with Gasteiger partial charge in [0.1, 0.15) is 0 Å². The number of allylic oxidation sites excluding steroid dienone is 4. The van der Waals surface area contributed by atoms with Gasteiger partial charge in [-0.15, -0.1) is 0 Å². The van der Waals surface area contributed by atoms with Crippen LogP contribution in [-0.4, -0.2) is 4.98 Å². The third-order valence-electron chi connectivity index (χ3n) is 2.85. The van der Waals surface area contributed by atoms with Crippen LogP contribution in [0.3, 0.4) is 0 Å². The molecule has 0 bridgehead atoms. The van der Waals surface area contributed by atoms with E-state index in [-0.39, 0.29) is 0 Å². The molecule has 1 heteroatoms. The number of hydrogen-bond acceptors (Lipinski definition) is 1. The van der Waals surface area contributed by atoms with Crippen LogP contribution >= 0.6 is 0 Å². The Kier molecular flexibility index (Phi) is 4.08. The molecule has 0 radical (unpaired) electrons. The third kappa shape index (κ3) is 2.95. The van der Waals surface area contributed by atoms with Crippen molar-refractivity contribution in [3.05, 3.63) is 72.6 Å². The zero-order valence-corrected chi connectivity index (χ0v) is 10.8. The quantitative estimate of drug-likeness (QED) is 0.701. The van der Waals surface area contributed by atoms with Crippen LogP contribution in [0.15, 0.2) is 67.0 Å². The lowest BCUT2D eigenvalue weighted by Gasteiger charge is -2.05. The van der Waals surface area contributed by atoms with Gasteiger partial charge in [-0.05, 0) is 42.7 Å². The van der Waals surface area contributed by atoms with Crippen molar-refractivity contribution in [3.63, 3.8) is 0 Å². The smallest absolute Gasteiger partial charge is 0.0346 e. The fourth-order valence-electron chi connectivity index (χ4n) is 1.81. The van der Waals surface area contributed by atoms with E-state index in [0.717, 1.165) is 5.56 Å². The number of rotatable bonds is 3. The zero-order chi connectivity index (χ0) is 12.8. The first-order chi connectivity index (χ1) is 8.81. The molecular formula is C17H17N. The molecule has 0 spiro atoms. The van der Waals surface area contributed by atoms with Gasteiger partial charge in [-0.25, -0.2) is 0 Å². The Hall–Kier alpha value is -2.15. The summed E-state index contributed by atoms with van der Waals surface area (Å²) in [7, 11) is 0. The van der Waals surface area contributed by atoms with Crippen molar-refractivity contribution >= 4 is 5.57 Å². The van der Waals surface area contributed by atoms with Crippen LogP contribution in [0.25, 0.3) is 16.7 Å². The Morgan fingerprint density at radius 3 is 2.67 bits per heavy atom. The van der Waals surface area contributed by atoms with Crippen molar-refractivity contribution in [2.45, 2.75) is 13.8 Å². The lowest BCUT2D eigenvalue weighted by atomic mass is 10.0. The average molecular weight is 235 g/mol. The van der Waals surface area contributed by atoms with E-state index >= 15 is 0 Å². The normalized spacial score (nSPS) is 12.0. The van der Waals surface area contributed by atoms with Crippen molar-refractivity contribution in [3.8, 4) is 11.1 Å². The first kappa shape index (κ1) is 12.3. The lowest BCUT2D eigenvalue weighted by Crippen LogP contribution is -1.83. The van der Waals surface area contributed by atoms with Gasteiger partial charge in [-0.2, -0.15) is 0 Å². The summed E-state index contributed by atoms with van der Waals surface area (Å²) in [5.41, 5.74) is 4.86. The molecule has 0 amide bonds. The van der Waals surface area contributed by atoms with Gasteiger partial charge in [0.15, 0.2) is 0 Å². The second-order valence-electron chi connectivity index (χ2n) is 4.20. The van der Waals surface area contributed by atoms with Gasteiger partial charge < -0.3 is 0 Å². The summed E-state index contributed by atoms with van der Waals surface area (Å²) in [4.78, 5) is 4.16. The maximum Gasteiger partial charge on any atom is 0.0346 e. The van der Waals surface area contributed by atoms with Gasteiger partial charge in [0.25, 0.3) is 0 Å². The van der Waals surface area contributed by atoms with Crippen LogP contribution in [0.2, 0.25) is 0 Å². The SMILES string of the molecule is C/C=C\C=C(/C)c1cccc(-c2cccnc2)c1. The molecule has 0 fully saturated rings. The van der Waals surface area contributed by atoms with Gasteiger partial charge in [0, 0.05) is 18.0 Å². The van der Waals surface area contributed by atoms with E-state index < -0.39 is 0 Å². The fourth-order valence-corrected chi connectivity index (χ4v) is 1.81. The van der Waals surface area contributed by atoms with Crippen molar-refractivity contribution < 1.29 is 0 Å². The molecule has 1 aromatic heterocycles. The molecule has 0 saturated heterocycles. The fraction of sp³-hybridized carbons (Fsp3) is 0.118. The van der Waals surface area contributed by atoms with Crippen LogP contribution in [-0.2, 0) is 0 Å². The first-order valence-corrected chi connectivity index (χ1v) is 6.11. The maximum absolute atomic E-state index is 4.16. The van der Waals surface area contributed by atoms with Crippen molar-refractivity contribution in [2.24, 2.45) is 0 Å². The summed E-state index contributed by atoms with van der Waals surface area (Å²) in [6.07, 6.45) is 9.91. The molecule has 0 aliphatic heterocycles. The van der Waals surface area contributed by atoms with Gasteiger partial charge in [0.2, 0.25) is 0 Å². The van der Waals surface area contributed by atoms with E-state index in [9.17, 15) is 0 Å². The summed E-state index contributed by atoms with van der Waals surface area (Å²) in [5.74, 6) is 0. The number of pyridine rings is 1. The number of nitrogens with zero attached hydrogens (tertiary/aromatic N) is 1. The summed E-state index contributed by atoms with van der Waals surface area (Å²) in [6.45, 7) is 4.15. The zero-order valence-electron chi connectivity index (χ0n) is 10.8. The molecule has 0 atom stereocenters. The molecule has 0 aliphatic rings. The average Bonchev–Trinajstić information content (AvgIpc) is 2.46. The van der Waals surface area contributed by atoms with Gasteiger partial charge in [0.05, 0.1) is 0 Å². The highest BCUT2D eigenvalue weighted by Crippen LogP contribution is 2.22. The molecule has 0 aliphatic carbocycles. The van der Waals surface area contributed by atoms with Gasteiger partial charge in [-0.1, -0.05) is 42.5 Å². The van der Waals surface area contributed by atoms with Crippen LogP contribution in [0.4, 0.5) is 0 Å². The minimum Gasteiger partial charge on any atom is -0.264 e. The molecule has 0 unspecified atom stereocenters. The molecule has 0 N–H and O–H groups in total. The minimum atomic E-state index is 1.15. The molecule has 90 valence electrons. The third-order valence-corrected chi connectivity index (χ3v) is 2.85. The van der Waals surface area contributed by atoms with Gasteiger partial charge >= 0.3 is 0 Å². The highest BCUT2D eigenvalue weighted by molar-refractivity contribution is 5.72. The van der Waals surface area contributed by atoms with Crippen LogP contribution in [0, 0.1) is 0 Å². The van der Waals surface area contributed by atoms with E-state index in [4.69, 9.17) is 0 Å². The van der Waals surface area contributed by atoms with E-state index in [2.05, 4.69) is 54.4 Å². The highest BCUT2D eigenvalue weighted by Gasteiger charge is 2.00. The summed E-state index contributed by atoms with van der Waals surface area (Å²) in [5, 5.41) is 0. The van der Waals surface area contributed by atoms with Crippen molar-refractivity contribution in [1.29, 1.82) is 0 Å². The lowest BCUT2D eigenvalue weighted by molar-refractivity contribution is 1.33. The Bertz CT molecular complexity index is 565. The van der Waals surface area contributed by atoms with E-state index in [1.54, 1.807) is 6.20 Å². The van der Waals surface area contributed by atoms with Crippen LogP contribution in [0.5, 0.6) is 0 Å². The van der Waals surface area contributed by atoms with Crippen LogP contribution in [0.1, 0.15) is 19.4 Å². The largest absolute Gasteiger partial charge is 0.264 e. The molecule has 2 rings (SSSR count). The Morgan fingerprint density at radius 2 is 1.94 bits per heavy atom. The summed E-state index contributed by atoms with van der Waals surface area (Å²) >= 11 is 0. The Labute approximate surface area is 109 Å². The monoisotopic (exact) mass is 235 g/mol. The number of hydrogen-bond donors (Lipinski definition) is 0. The van der Waals surface area contributed by atoms with E-state index in [1.165, 1.54) is 16.7 Å². The second kappa shape index (κ2) is 5.97. The molecular weight excluding hydrogens is 218 g/mol. The number of benzene rings is 1. The summed E-state index contributed by atoms with van der Waals surface area (Å²) < 4.78 is 0. The second-order valence-corrected chi connectivity index (χ2v) is 4.20. The molecule has 1 heterocycles. The maximum atomic E-state index is 4.16. The molecule has 2 aromatic rings. The van der Waals surface area contributed by atoms with Crippen molar-refractivity contribution in [1.82, 2.24) is 4.98 Å². The number of aromatic nitrogens is 1. The molecule has 18 heavy (non-hydrogen) atoms.